The molecule has 10 aromatic rings. The summed E-state index contributed by atoms with van der Waals surface area (Å²) in [7, 11) is 0. The standard InChI is InChI=1S/C26H15BrN2.C19H12O.C7H7BrN2.ClH/c27-19-12-4-11-18(15-19)26-28-24(17-7-2-1-3-8-17)23-20-13-5-9-16-10-6-14-21(22(16)20)25(23)29-26;20-19-16-11-5-9-14-8-4-10-15(18(14)16)17(19)12-13-6-2-1-3-7-13;8-6-3-1-2-5(4-6)7(9)10;/h1-15H;1-12H;1-4H,(H3,9,10);1H/b;17-12+;;. The molecule has 1 aromatic heterocycles. The van der Waals surface area contributed by atoms with Gasteiger partial charge in [0.25, 0.3) is 0 Å². The lowest BCUT2D eigenvalue weighted by Crippen LogP contribution is -2.19. The predicted octanol–water partition coefficient (Wildman–Crippen LogP) is 12.9. The predicted molar refractivity (Wildman–Crippen MR) is 259 cm³/mol. The van der Waals surface area contributed by atoms with Gasteiger partial charge >= 0.3 is 0 Å². The van der Waals surface area contributed by atoms with Crippen molar-refractivity contribution in [1.82, 2.24) is 9.97 Å². The highest BCUT2D eigenvalue weighted by molar-refractivity contribution is 9.10. The van der Waals surface area contributed by atoms with E-state index in [1.165, 1.54) is 21.9 Å². The second kappa shape index (κ2) is 17.4. The molecule has 0 bridgehead atoms. The Bertz CT molecular complexity index is 3300. The van der Waals surface area contributed by atoms with E-state index < -0.39 is 0 Å². The van der Waals surface area contributed by atoms with Gasteiger partial charge in [0.1, 0.15) is 5.84 Å². The minimum absolute atomic E-state index is 0. The first-order valence-electron chi connectivity index (χ1n) is 19.0. The van der Waals surface area contributed by atoms with Crippen LogP contribution in [0.25, 0.3) is 83.4 Å². The van der Waals surface area contributed by atoms with E-state index >= 15 is 0 Å². The van der Waals surface area contributed by atoms with E-state index in [1.54, 1.807) is 6.07 Å². The Morgan fingerprint density at radius 1 is 0.550 bits per heavy atom. The highest BCUT2D eigenvalue weighted by atomic mass is 79.9. The number of hydrogen-bond acceptors (Lipinski definition) is 4. The molecule has 0 atom stereocenters. The van der Waals surface area contributed by atoms with E-state index in [4.69, 9.17) is 21.1 Å². The molecule has 0 aliphatic heterocycles. The molecule has 11 rings (SSSR count). The molecule has 9 aromatic carbocycles. The van der Waals surface area contributed by atoms with E-state index in [2.05, 4.69) is 117 Å². The molecule has 60 heavy (non-hydrogen) atoms. The van der Waals surface area contributed by atoms with Crippen LogP contribution in [0.1, 0.15) is 11.1 Å². The summed E-state index contributed by atoms with van der Waals surface area (Å²) in [6.07, 6.45) is 1.98. The molecule has 8 heteroatoms. The summed E-state index contributed by atoms with van der Waals surface area (Å²) in [5.41, 5.74) is 14.8. The topological polar surface area (TPSA) is 92.7 Å². The number of aromatic nitrogens is 2. The molecule has 0 radical (unpaired) electrons. The number of amidine groups is 1. The molecule has 1 aliphatic carbocycles. The number of hydrogen-bond donors (Lipinski definition) is 2. The fraction of sp³-hybridized carbons (Fsp3) is 0. The summed E-state index contributed by atoms with van der Waals surface area (Å²) in [6, 6.07) is 60.9. The molecule has 0 unspecified atom stereocenters. The van der Waals surface area contributed by atoms with Gasteiger partial charge in [-0.1, -0.05) is 190 Å². The second-order valence-corrected chi connectivity index (χ2v) is 16.0. The van der Waals surface area contributed by atoms with E-state index in [-0.39, 0.29) is 23.7 Å². The van der Waals surface area contributed by atoms with Gasteiger partial charge in [0.2, 0.25) is 0 Å². The van der Waals surface area contributed by atoms with Gasteiger partial charge in [0.05, 0.1) is 11.4 Å². The van der Waals surface area contributed by atoms with Gasteiger partial charge in [-0.3, -0.25) is 10.2 Å². The molecule has 5 nitrogen and oxygen atoms in total. The van der Waals surface area contributed by atoms with Crippen LogP contribution in [0, 0.1) is 5.41 Å². The van der Waals surface area contributed by atoms with Crippen LogP contribution in [0.15, 0.2) is 196 Å². The summed E-state index contributed by atoms with van der Waals surface area (Å²) in [4.78, 5) is 22.7. The van der Waals surface area contributed by atoms with E-state index in [1.807, 2.05) is 97.1 Å². The number of nitrogens with zero attached hydrogens (tertiary/aromatic N) is 2. The first-order chi connectivity index (χ1) is 28.8. The van der Waals surface area contributed by atoms with Crippen molar-refractivity contribution in [3.8, 4) is 45.0 Å². The Labute approximate surface area is 369 Å². The van der Waals surface area contributed by atoms with Gasteiger partial charge in [-0.25, -0.2) is 9.97 Å². The zero-order chi connectivity index (χ0) is 40.5. The Kier molecular flexibility index (Phi) is 11.7. The largest absolute Gasteiger partial charge is 0.384 e. The van der Waals surface area contributed by atoms with Gasteiger partial charge in [-0.15, -0.1) is 12.4 Å². The van der Waals surface area contributed by atoms with Gasteiger partial charge < -0.3 is 5.73 Å². The number of nitrogens with two attached hydrogens (primary N) is 1. The average molecular weight is 927 g/mol. The van der Waals surface area contributed by atoms with Gasteiger partial charge in [-0.05, 0) is 63.0 Å². The fourth-order valence-corrected chi connectivity index (χ4v) is 8.55. The zero-order valence-electron chi connectivity index (χ0n) is 31.9. The molecule has 0 amide bonds. The number of fused-ring (bicyclic) bond motifs is 3. The normalized spacial score (nSPS) is 11.3. The summed E-state index contributed by atoms with van der Waals surface area (Å²) < 4.78 is 1.96. The summed E-state index contributed by atoms with van der Waals surface area (Å²) >= 11 is 6.85. The molecule has 0 saturated carbocycles. The lowest BCUT2D eigenvalue weighted by Gasteiger charge is -2.12. The van der Waals surface area contributed by atoms with Gasteiger partial charge in [-0.2, -0.15) is 0 Å². The van der Waals surface area contributed by atoms with Crippen LogP contribution in [-0.2, 0) is 0 Å². The number of nitrogen functional groups attached to an aromatic ring is 1. The molecule has 1 aliphatic rings. The lowest BCUT2D eigenvalue weighted by molar-refractivity contribution is 1.19. The third-order valence-corrected chi connectivity index (χ3v) is 11.4. The highest BCUT2D eigenvalue weighted by Gasteiger charge is 2.28. The molecule has 1 heterocycles. The van der Waals surface area contributed by atoms with Crippen molar-refractivity contribution in [3.05, 3.63) is 218 Å². The number of halogens is 3. The first-order valence-corrected chi connectivity index (χ1v) is 20.6. The second-order valence-electron chi connectivity index (χ2n) is 14.1. The van der Waals surface area contributed by atoms with E-state index in [9.17, 15) is 4.79 Å². The molecule has 290 valence electrons. The van der Waals surface area contributed by atoms with Gasteiger partial charge in [0, 0.05) is 52.8 Å². The third-order valence-electron chi connectivity index (χ3n) is 10.4. The van der Waals surface area contributed by atoms with Crippen molar-refractivity contribution in [1.29, 1.82) is 5.41 Å². The fourth-order valence-electron chi connectivity index (χ4n) is 7.76. The highest BCUT2D eigenvalue weighted by Crippen LogP contribution is 2.50. The number of rotatable bonds is 4. The van der Waals surface area contributed by atoms with Crippen molar-refractivity contribution < 1.29 is 0 Å². The molecule has 0 fully saturated rings. The Morgan fingerprint density at radius 3 is 1.75 bits per heavy atom. The third kappa shape index (κ3) is 7.83. The van der Waals surface area contributed by atoms with Crippen molar-refractivity contribution in [2.24, 2.45) is 5.73 Å². The summed E-state index contributed by atoms with van der Waals surface area (Å²) in [5, 5.41) is 14.5. The van der Waals surface area contributed by atoms with Crippen LogP contribution >= 0.6 is 44.3 Å². The van der Waals surface area contributed by atoms with Crippen LogP contribution in [0.2, 0.25) is 0 Å². The average Bonchev–Trinajstić information content (AvgIpc) is 3.74. The minimum Gasteiger partial charge on any atom is -0.384 e. The Hall–Kier alpha value is -6.51. The maximum absolute atomic E-state index is 12.6. The molecule has 0 saturated heterocycles. The zero-order valence-corrected chi connectivity index (χ0v) is 35.9. The minimum atomic E-state index is 0. The van der Waals surface area contributed by atoms with Crippen LogP contribution < -0.4 is 16.4 Å². The van der Waals surface area contributed by atoms with Crippen molar-refractivity contribution in [2.75, 3.05) is 0 Å². The lowest BCUT2D eigenvalue weighted by atomic mass is 9.99. The number of nitrogens with one attached hydrogen (secondary N) is 1. The first kappa shape index (κ1) is 40.3. The van der Waals surface area contributed by atoms with Crippen molar-refractivity contribution in [2.45, 2.75) is 0 Å². The van der Waals surface area contributed by atoms with Crippen LogP contribution in [-0.4, -0.2) is 15.8 Å². The van der Waals surface area contributed by atoms with Gasteiger partial charge in [0.15, 0.2) is 11.3 Å². The monoisotopic (exact) mass is 924 g/mol. The van der Waals surface area contributed by atoms with Crippen LogP contribution in [0.5, 0.6) is 0 Å². The summed E-state index contributed by atoms with van der Waals surface area (Å²) in [6.45, 7) is 0. The molecule has 0 spiro atoms. The Morgan fingerprint density at radius 2 is 1.10 bits per heavy atom. The smallest absolute Gasteiger partial charge is 0.194 e. The Balaban J connectivity index is 0.000000139. The van der Waals surface area contributed by atoms with Crippen LogP contribution in [0.3, 0.4) is 0 Å². The SMILES string of the molecule is Brc1cccc(-c2nc(-c3ccccc3)c3c(n2)-c2cccc4cccc-3c24)c1.Cl.N=C(N)c1cccc(Br)c1.O=c1/c(=C/c2ccccc2)c2cccc3cccc1c32. The van der Waals surface area contributed by atoms with E-state index in [0.717, 1.165) is 80.7 Å². The van der Waals surface area contributed by atoms with Crippen molar-refractivity contribution in [3.63, 3.8) is 0 Å². The molecule has 3 N–H and O–H groups in total. The number of benzene rings is 8. The maximum atomic E-state index is 12.6. The quantitative estimate of drug-likeness (QED) is 0.136. The van der Waals surface area contributed by atoms with Crippen molar-refractivity contribution >= 4 is 88.5 Å². The van der Waals surface area contributed by atoms with E-state index in [0.29, 0.717) is 0 Å². The summed E-state index contributed by atoms with van der Waals surface area (Å²) in [5.74, 6) is 0.843. The molecular formula is C52H35Br2ClN4O. The van der Waals surface area contributed by atoms with Crippen LogP contribution in [0.4, 0.5) is 0 Å². The maximum Gasteiger partial charge on any atom is 0.194 e. The molecular weight excluding hydrogens is 892 g/mol.